The van der Waals surface area contributed by atoms with Crippen LogP contribution in [0.4, 0.5) is 0 Å². The number of rotatable bonds is 7. The summed E-state index contributed by atoms with van der Waals surface area (Å²) in [5.41, 5.74) is 0.903. The van der Waals surface area contributed by atoms with Gasteiger partial charge in [-0.1, -0.05) is 48.0 Å². The smallest absolute Gasteiger partial charge is 0.417 e. The lowest BCUT2D eigenvalue weighted by atomic mass is 10.2. The molecule has 0 aliphatic carbocycles. The molecular formula is C15H16ClO3PS. The normalized spacial score (nSPS) is 13.6. The van der Waals surface area contributed by atoms with Crippen LogP contribution in [0.5, 0.6) is 5.75 Å². The Morgan fingerprint density at radius 2 is 1.76 bits per heavy atom. The van der Waals surface area contributed by atoms with Crippen molar-refractivity contribution < 1.29 is 13.6 Å². The van der Waals surface area contributed by atoms with Crippen LogP contribution in [0.1, 0.15) is 12.5 Å². The fourth-order valence-corrected chi connectivity index (χ4v) is 5.18. The molecule has 1 unspecified atom stereocenters. The van der Waals surface area contributed by atoms with Gasteiger partial charge >= 0.3 is 6.80 Å². The second kappa shape index (κ2) is 7.90. The molecule has 0 aliphatic heterocycles. The SMILES string of the molecule is CCOP(=O)(Oc1ccccc1)SCc1ccccc1Cl. The van der Waals surface area contributed by atoms with Gasteiger partial charge in [0.15, 0.2) is 0 Å². The van der Waals surface area contributed by atoms with Gasteiger partial charge in [-0.05, 0) is 42.1 Å². The Kier molecular flexibility index (Phi) is 6.19. The van der Waals surface area contributed by atoms with Gasteiger partial charge in [-0.3, -0.25) is 4.52 Å². The Balaban J connectivity index is 2.08. The van der Waals surface area contributed by atoms with Crippen molar-refractivity contribution in [1.29, 1.82) is 0 Å². The van der Waals surface area contributed by atoms with E-state index in [2.05, 4.69) is 0 Å². The minimum atomic E-state index is -3.27. The molecule has 0 saturated carbocycles. The van der Waals surface area contributed by atoms with Gasteiger partial charge in [-0.25, -0.2) is 4.57 Å². The molecule has 6 heteroatoms. The predicted octanol–water partition coefficient (Wildman–Crippen LogP) is 5.80. The molecule has 2 rings (SSSR count). The molecule has 1 atom stereocenters. The van der Waals surface area contributed by atoms with Crippen molar-refractivity contribution in [2.45, 2.75) is 12.7 Å². The van der Waals surface area contributed by atoms with E-state index in [1.807, 2.05) is 36.4 Å². The Morgan fingerprint density at radius 1 is 1.10 bits per heavy atom. The van der Waals surface area contributed by atoms with Crippen molar-refractivity contribution in [2.24, 2.45) is 0 Å². The zero-order chi connectivity index (χ0) is 15.1. The van der Waals surface area contributed by atoms with Crippen LogP contribution in [0.3, 0.4) is 0 Å². The Morgan fingerprint density at radius 3 is 2.43 bits per heavy atom. The fourth-order valence-electron chi connectivity index (χ4n) is 1.62. The zero-order valence-corrected chi connectivity index (χ0v) is 14.0. The molecule has 21 heavy (non-hydrogen) atoms. The standard InChI is InChI=1S/C15H16ClO3PS/c1-2-18-20(17,19-14-9-4-3-5-10-14)21-12-13-8-6-7-11-15(13)16/h3-11H,2,12H2,1H3. The third-order valence-corrected chi connectivity index (χ3v) is 6.59. The number of hydrogen-bond acceptors (Lipinski definition) is 4. The fraction of sp³-hybridized carbons (Fsp3) is 0.200. The van der Waals surface area contributed by atoms with Crippen LogP contribution >= 0.6 is 29.8 Å². The summed E-state index contributed by atoms with van der Waals surface area (Å²) in [6.07, 6.45) is 0. The maximum atomic E-state index is 12.7. The predicted molar refractivity (Wildman–Crippen MR) is 89.0 cm³/mol. The highest BCUT2D eigenvalue weighted by atomic mass is 35.5. The van der Waals surface area contributed by atoms with Crippen molar-refractivity contribution >= 4 is 29.8 Å². The highest BCUT2D eigenvalue weighted by Gasteiger charge is 2.27. The van der Waals surface area contributed by atoms with Gasteiger partial charge in [0, 0.05) is 10.8 Å². The third-order valence-electron chi connectivity index (χ3n) is 2.58. The number of para-hydroxylation sites is 1. The second-order valence-corrected chi connectivity index (χ2v) is 8.54. The molecule has 0 N–H and O–H groups in total. The quantitative estimate of drug-likeness (QED) is 0.596. The number of hydrogen-bond donors (Lipinski definition) is 0. The highest BCUT2D eigenvalue weighted by molar-refractivity contribution is 8.54. The van der Waals surface area contributed by atoms with E-state index in [0.717, 1.165) is 16.9 Å². The lowest BCUT2D eigenvalue weighted by Gasteiger charge is -2.17. The van der Waals surface area contributed by atoms with Crippen molar-refractivity contribution in [1.82, 2.24) is 0 Å². The van der Waals surface area contributed by atoms with E-state index in [0.29, 0.717) is 23.1 Å². The second-order valence-electron chi connectivity index (χ2n) is 4.13. The molecule has 0 bridgehead atoms. The summed E-state index contributed by atoms with van der Waals surface area (Å²) in [6.45, 7) is -1.16. The summed E-state index contributed by atoms with van der Waals surface area (Å²) < 4.78 is 23.6. The van der Waals surface area contributed by atoms with E-state index in [1.54, 1.807) is 25.1 Å². The van der Waals surface area contributed by atoms with Crippen molar-refractivity contribution in [3.63, 3.8) is 0 Å². The third kappa shape index (κ3) is 5.08. The van der Waals surface area contributed by atoms with E-state index in [4.69, 9.17) is 20.6 Å². The summed E-state index contributed by atoms with van der Waals surface area (Å²) in [5.74, 6) is 0.991. The van der Waals surface area contributed by atoms with E-state index < -0.39 is 6.80 Å². The number of benzene rings is 2. The molecule has 2 aromatic rings. The molecule has 0 spiro atoms. The lowest BCUT2D eigenvalue weighted by molar-refractivity contribution is 0.296. The molecule has 0 aromatic heterocycles. The average Bonchev–Trinajstić information content (AvgIpc) is 2.48. The molecule has 2 aromatic carbocycles. The molecule has 0 radical (unpaired) electrons. The first-order valence-corrected chi connectivity index (χ1v) is 10.0. The summed E-state index contributed by atoms with van der Waals surface area (Å²) in [7, 11) is 0. The maximum absolute atomic E-state index is 12.7. The van der Waals surface area contributed by atoms with Crippen molar-refractivity contribution in [3.8, 4) is 5.75 Å². The molecular weight excluding hydrogens is 327 g/mol. The largest absolute Gasteiger partial charge is 0.440 e. The van der Waals surface area contributed by atoms with E-state index in [-0.39, 0.29) is 0 Å². The molecule has 3 nitrogen and oxygen atoms in total. The van der Waals surface area contributed by atoms with Gasteiger partial charge in [0.25, 0.3) is 0 Å². The molecule has 0 amide bonds. The van der Waals surface area contributed by atoms with Crippen LogP contribution in [0.2, 0.25) is 5.02 Å². The van der Waals surface area contributed by atoms with Gasteiger partial charge in [0.2, 0.25) is 0 Å². The zero-order valence-electron chi connectivity index (χ0n) is 11.6. The van der Waals surface area contributed by atoms with Gasteiger partial charge in [-0.2, -0.15) is 0 Å². The Labute approximate surface area is 133 Å². The van der Waals surface area contributed by atoms with Crippen molar-refractivity contribution in [3.05, 3.63) is 65.2 Å². The molecule has 0 fully saturated rings. The van der Waals surface area contributed by atoms with Crippen LogP contribution in [0.15, 0.2) is 54.6 Å². The first-order valence-electron chi connectivity index (χ1n) is 6.50. The number of halogens is 1. The van der Waals surface area contributed by atoms with Crippen LogP contribution in [0.25, 0.3) is 0 Å². The van der Waals surface area contributed by atoms with Crippen LogP contribution < -0.4 is 4.52 Å². The minimum Gasteiger partial charge on any atom is -0.417 e. The van der Waals surface area contributed by atoms with E-state index >= 15 is 0 Å². The summed E-state index contributed by atoms with van der Waals surface area (Å²) >= 11 is 7.24. The van der Waals surface area contributed by atoms with Gasteiger partial charge in [-0.15, -0.1) is 0 Å². The minimum absolute atomic E-state index is 0.319. The highest BCUT2D eigenvalue weighted by Crippen LogP contribution is 2.61. The van der Waals surface area contributed by atoms with Gasteiger partial charge in [0.05, 0.1) is 6.61 Å². The molecule has 0 saturated heterocycles. The van der Waals surface area contributed by atoms with Crippen LogP contribution in [-0.2, 0) is 14.8 Å². The van der Waals surface area contributed by atoms with Gasteiger partial charge < -0.3 is 4.52 Å². The topological polar surface area (TPSA) is 35.5 Å². The molecule has 0 aliphatic rings. The first-order chi connectivity index (χ1) is 10.1. The maximum Gasteiger partial charge on any atom is 0.440 e. The lowest BCUT2D eigenvalue weighted by Crippen LogP contribution is -1.96. The van der Waals surface area contributed by atoms with Crippen LogP contribution in [-0.4, -0.2) is 6.61 Å². The van der Waals surface area contributed by atoms with Gasteiger partial charge in [0.1, 0.15) is 5.75 Å². The Bertz CT molecular complexity index is 621. The summed E-state index contributed by atoms with van der Waals surface area (Å²) in [4.78, 5) is 0. The van der Waals surface area contributed by atoms with E-state index in [1.165, 1.54) is 0 Å². The van der Waals surface area contributed by atoms with Crippen LogP contribution in [0, 0.1) is 0 Å². The van der Waals surface area contributed by atoms with Crippen molar-refractivity contribution in [2.75, 3.05) is 6.61 Å². The summed E-state index contributed by atoms with van der Waals surface area (Å²) in [6, 6.07) is 16.5. The van der Waals surface area contributed by atoms with E-state index in [9.17, 15) is 4.57 Å². The summed E-state index contributed by atoms with van der Waals surface area (Å²) in [5, 5.41) is 0.646. The molecule has 112 valence electrons. The molecule has 0 heterocycles. The Hall–Kier alpha value is -0.930. The average molecular weight is 343 g/mol. The first kappa shape index (κ1) is 16.4. The monoisotopic (exact) mass is 342 g/mol.